The first-order valence-corrected chi connectivity index (χ1v) is 10.6. The quantitative estimate of drug-likeness (QED) is 0.417. The number of rotatable bonds is 3. The number of amides is 2. The summed E-state index contributed by atoms with van der Waals surface area (Å²) in [6, 6.07) is 23.0. The Labute approximate surface area is 185 Å². The molecule has 2 amide bonds. The number of aromatic nitrogens is 1. The summed E-state index contributed by atoms with van der Waals surface area (Å²) in [7, 11) is 1.59. The van der Waals surface area contributed by atoms with Crippen LogP contribution in [0, 0.1) is 0 Å². The van der Waals surface area contributed by atoms with Crippen molar-refractivity contribution in [2.75, 3.05) is 19.0 Å². The Balaban J connectivity index is 1.60. The molecule has 0 spiro atoms. The maximum atomic E-state index is 13.3. The highest BCUT2D eigenvalue weighted by atomic mass is 35.5. The van der Waals surface area contributed by atoms with Gasteiger partial charge in [0.2, 0.25) is 0 Å². The number of nitrogens with zero attached hydrogens (tertiary/aromatic N) is 1. The van der Waals surface area contributed by atoms with Crippen molar-refractivity contribution in [3.05, 3.63) is 94.6 Å². The lowest BCUT2D eigenvalue weighted by Crippen LogP contribution is -2.43. The molecule has 0 bridgehead atoms. The first kappa shape index (κ1) is 19.5. The number of fused-ring (bicyclic) bond motifs is 3. The van der Waals surface area contributed by atoms with E-state index in [1.165, 1.54) is 10.9 Å². The zero-order chi connectivity index (χ0) is 21.4. The number of carbonyl (C=O) groups is 1. The van der Waals surface area contributed by atoms with Crippen LogP contribution < -0.4 is 10.1 Å². The molecule has 2 heterocycles. The second kappa shape index (κ2) is 8.00. The maximum absolute atomic E-state index is 13.3. The molecule has 0 radical (unpaired) electrons. The molecule has 0 fully saturated rings. The van der Waals surface area contributed by atoms with Gasteiger partial charge in [-0.05, 0) is 47.9 Å². The van der Waals surface area contributed by atoms with Gasteiger partial charge in [0.15, 0.2) is 0 Å². The molecule has 5 nitrogen and oxygen atoms in total. The van der Waals surface area contributed by atoms with Crippen LogP contribution in [0.4, 0.5) is 10.5 Å². The van der Waals surface area contributed by atoms with Gasteiger partial charge >= 0.3 is 6.03 Å². The highest BCUT2D eigenvalue weighted by molar-refractivity contribution is 6.32. The van der Waals surface area contributed by atoms with Crippen LogP contribution in [0.1, 0.15) is 22.9 Å². The first-order chi connectivity index (χ1) is 15.2. The third-order valence-corrected chi connectivity index (χ3v) is 6.11. The molecule has 4 aromatic rings. The Kier molecular flexibility index (Phi) is 5.04. The highest BCUT2D eigenvalue weighted by Crippen LogP contribution is 2.40. The van der Waals surface area contributed by atoms with Gasteiger partial charge in [0.1, 0.15) is 5.75 Å². The molecular formula is C25H22ClN3O2. The number of hydrogen-bond donors (Lipinski definition) is 2. The lowest BCUT2D eigenvalue weighted by molar-refractivity contribution is 0.193. The van der Waals surface area contributed by atoms with Crippen molar-refractivity contribution >= 4 is 34.2 Å². The summed E-state index contributed by atoms with van der Waals surface area (Å²) >= 11 is 6.46. The van der Waals surface area contributed by atoms with Gasteiger partial charge < -0.3 is 19.9 Å². The predicted molar refractivity (Wildman–Crippen MR) is 124 cm³/mol. The summed E-state index contributed by atoms with van der Waals surface area (Å²) < 4.78 is 5.33. The number of benzene rings is 3. The van der Waals surface area contributed by atoms with Gasteiger partial charge in [-0.3, -0.25) is 0 Å². The largest absolute Gasteiger partial charge is 0.495 e. The number of halogens is 1. The highest BCUT2D eigenvalue weighted by Gasteiger charge is 2.35. The van der Waals surface area contributed by atoms with E-state index in [-0.39, 0.29) is 12.1 Å². The maximum Gasteiger partial charge on any atom is 0.322 e. The molecule has 6 heteroatoms. The van der Waals surface area contributed by atoms with E-state index in [2.05, 4.69) is 22.4 Å². The zero-order valence-electron chi connectivity index (χ0n) is 17.1. The van der Waals surface area contributed by atoms with E-state index in [0.29, 0.717) is 17.3 Å². The molecule has 0 saturated carbocycles. The molecular weight excluding hydrogens is 410 g/mol. The fraction of sp³-hybridized carbons (Fsp3) is 0.160. The zero-order valence-corrected chi connectivity index (χ0v) is 17.8. The van der Waals surface area contributed by atoms with E-state index in [1.54, 1.807) is 7.11 Å². The monoisotopic (exact) mass is 431 g/mol. The molecule has 2 N–H and O–H groups in total. The summed E-state index contributed by atoms with van der Waals surface area (Å²) in [6.45, 7) is 0.599. The molecule has 31 heavy (non-hydrogen) atoms. The van der Waals surface area contributed by atoms with E-state index in [0.717, 1.165) is 28.9 Å². The number of aromatic amines is 1. The van der Waals surface area contributed by atoms with Gasteiger partial charge in [0.05, 0.1) is 18.2 Å². The number of nitrogens with one attached hydrogen (secondary N) is 2. The van der Waals surface area contributed by atoms with Crippen LogP contribution in [-0.2, 0) is 6.42 Å². The molecule has 1 unspecified atom stereocenters. The van der Waals surface area contributed by atoms with Crippen LogP contribution in [0.25, 0.3) is 10.9 Å². The van der Waals surface area contributed by atoms with Crippen molar-refractivity contribution in [2.45, 2.75) is 12.5 Å². The van der Waals surface area contributed by atoms with Crippen LogP contribution in [0.2, 0.25) is 5.02 Å². The van der Waals surface area contributed by atoms with Crippen LogP contribution in [-0.4, -0.2) is 29.6 Å². The topological polar surface area (TPSA) is 57.4 Å². The number of H-pyrrole nitrogens is 1. The molecule has 1 aromatic heterocycles. The molecule has 3 aromatic carbocycles. The standard InChI is InChI=1S/C25H22ClN3O2/c1-31-22-12-11-16(15-20(22)26)24-23-19(18-9-5-6-10-21(18)28-23)13-14-29(24)25(30)27-17-7-3-2-4-8-17/h2-12,15,24,28H,13-14H2,1H3,(H,27,30). The number of carbonyl (C=O) groups excluding carboxylic acids is 1. The van der Waals surface area contributed by atoms with E-state index in [1.807, 2.05) is 65.6 Å². The van der Waals surface area contributed by atoms with Crippen molar-refractivity contribution in [2.24, 2.45) is 0 Å². The lowest BCUT2D eigenvalue weighted by Gasteiger charge is -2.36. The smallest absolute Gasteiger partial charge is 0.322 e. The Bertz CT molecular complexity index is 1250. The van der Waals surface area contributed by atoms with Crippen molar-refractivity contribution in [3.8, 4) is 5.75 Å². The Hall–Kier alpha value is -3.44. The number of hydrogen-bond acceptors (Lipinski definition) is 2. The normalized spacial score (nSPS) is 15.5. The first-order valence-electron chi connectivity index (χ1n) is 10.2. The average molecular weight is 432 g/mol. The summed E-state index contributed by atoms with van der Waals surface area (Å²) in [5.41, 5.74) is 5.04. The Morgan fingerprint density at radius 1 is 1.10 bits per heavy atom. The fourth-order valence-corrected chi connectivity index (χ4v) is 4.64. The van der Waals surface area contributed by atoms with Crippen molar-refractivity contribution < 1.29 is 9.53 Å². The van der Waals surface area contributed by atoms with Gasteiger partial charge in [-0.2, -0.15) is 0 Å². The Morgan fingerprint density at radius 3 is 2.65 bits per heavy atom. The van der Waals surface area contributed by atoms with Gasteiger partial charge in [0, 0.05) is 28.8 Å². The summed E-state index contributed by atoms with van der Waals surface area (Å²) in [5.74, 6) is 0.610. The van der Waals surface area contributed by atoms with Crippen molar-refractivity contribution in [1.82, 2.24) is 9.88 Å². The van der Waals surface area contributed by atoms with E-state index in [9.17, 15) is 4.79 Å². The second-order valence-corrected chi connectivity index (χ2v) is 8.01. The molecule has 1 atom stereocenters. The molecule has 156 valence electrons. The third kappa shape index (κ3) is 3.51. The molecule has 1 aliphatic rings. The number of ether oxygens (including phenoxy) is 1. The summed E-state index contributed by atoms with van der Waals surface area (Å²) in [5, 5.41) is 4.75. The van der Waals surface area contributed by atoms with Gasteiger partial charge in [-0.1, -0.05) is 54.1 Å². The minimum Gasteiger partial charge on any atom is -0.495 e. The minimum absolute atomic E-state index is 0.146. The molecule has 1 aliphatic heterocycles. The number of anilines is 1. The number of urea groups is 1. The second-order valence-electron chi connectivity index (χ2n) is 7.60. The van der Waals surface area contributed by atoms with Gasteiger partial charge in [-0.15, -0.1) is 0 Å². The summed E-state index contributed by atoms with van der Waals surface area (Å²) in [4.78, 5) is 18.8. The van der Waals surface area contributed by atoms with Crippen LogP contribution in [0.15, 0.2) is 72.8 Å². The minimum atomic E-state index is -0.289. The van der Waals surface area contributed by atoms with Gasteiger partial charge in [-0.25, -0.2) is 4.79 Å². The number of para-hydroxylation sites is 2. The third-order valence-electron chi connectivity index (χ3n) is 5.81. The van der Waals surface area contributed by atoms with Gasteiger partial charge in [0.25, 0.3) is 0 Å². The Morgan fingerprint density at radius 2 is 1.87 bits per heavy atom. The van der Waals surface area contributed by atoms with Crippen LogP contribution in [0.5, 0.6) is 5.75 Å². The molecule has 0 aliphatic carbocycles. The van der Waals surface area contributed by atoms with Crippen molar-refractivity contribution in [3.63, 3.8) is 0 Å². The summed E-state index contributed by atoms with van der Waals surface area (Å²) in [6.07, 6.45) is 0.780. The lowest BCUT2D eigenvalue weighted by atomic mass is 9.92. The fourth-order valence-electron chi connectivity index (χ4n) is 4.38. The van der Waals surface area contributed by atoms with E-state index < -0.39 is 0 Å². The van der Waals surface area contributed by atoms with Crippen molar-refractivity contribution in [1.29, 1.82) is 0 Å². The van der Waals surface area contributed by atoms with E-state index >= 15 is 0 Å². The SMILES string of the molecule is COc1ccc(C2c3[nH]c4ccccc4c3CCN2C(=O)Nc2ccccc2)cc1Cl. The average Bonchev–Trinajstić information content (AvgIpc) is 3.17. The predicted octanol–water partition coefficient (Wildman–Crippen LogP) is 6.01. The van der Waals surface area contributed by atoms with Crippen LogP contribution >= 0.6 is 11.6 Å². The molecule has 5 rings (SSSR count). The van der Waals surface area contributed by atoms with Crippen LogP contribution in [0.3, 0.4) is 0 Å². The van der Waals surface area contributed by atoms with E-state index in [4.69, 9.17) is 16.3 Å². The molecule has 0 saturated heterocycles. The number of methoxy groups -OCH3 is 1.